The second-order valence-electron chi connectivity index (χ2n) is 3.47. The van der Waals surface area contributed by atoms with E-state index < -0.39 is 16.9 Å². The molecule has 0 aliphatic rings. The third kappa shape index (κ3) is 2.43. The number of carboxylic acid groups (broad SMARTS) is 1. The van der Waals surface area contributed by atoms with Gasteiger partial charge < -0.3 is 10.8 Å². The highest BCUT2D eigenvalue weighted by atomic mass is 35.5. The SMILES string of the molecule is CC(N)(C(=O)O)C(Cl)c1ccccc1Cl. The molecule has 3 N–H and O–H groups in total. The van der Waals surface area contributed by atoms with Crippen molar-refractivity contribution in [3.63, 3.8) is 0 Å². The number of carbonyl (C=O) groups is 1. The van der Waals surface area contributed by atoms with Crippen LogP contribution in [0, 0.1) is 0 Å². The maximum Gasteiger partial charge on any atom is 0.325 e. The van der Waals surface area contributed by atoms with Crippen molar-refractivity contribution < 1.29 is 9.90 Å². The molecule has 0 radical (unpaired) electrons. The molecule has 0 bridgehead atoms. The molecule has 1 aromatic carbocycles. The summed E-state index contributed by atoms with van der Waals surface area (Å²) in [5, 5.41) is 8.45. The molecule has 0 saturated heterocycles. The predicted molar refractivity (Wildman–Crippen MR) is 60.3 cm³/mol. The Morgan fingerprint density at radius 1 is 1.53 bits per heavy atom. The molecule has 82 valence electrons. The predicted octanol–water partition coefficient (Wildman–Crippen LogP) is 2.42. The first-order valence-corrected chi connectivity index (χ1v) is 5.09. The Hall–Kier alpha value is -0.770. The molecule has 3 nitrogen and oxygen atoms in total. The van der Waals surface area contributed by atoms with E-state index in [9.17, 15) is 4.79 Å². The molecule has 0 saturated carbocycles. The molecule has 0 amide bonds. The lowest BCUT2D eigenvalue weighted by molar-refractivity contribution is -0.142. The van der Waals surface area contributed by atoms with Gasteiger partial charge in [0.05, 0.1) is 5.38 Å². The summed E-state index contributed by atoms with van der Waals surface area (Å²) in [7, 11) is 0. The summed E-state index contributed by atoms with van der Waals surface area (Å²) in [5.74, 6) is -1.16. The second kappa shape index (κ2) is 4.39. The van der Waals surface area contributed by atoms with Crippen molar-refractivity contribution in [2.24, 2.45) is 5.73 Å². The van der Waals surface area contributed by atoms with Crippen molar-refractivity contribution in [3.05, 3.63) is 34.9 Å². The molecular weight excluding hydrogens is 237 g/mol. The van der Waals surface area contributed by atoms with Gasteiger partial charge in [-0.25, -0.2) is 0 Å². The zero-order valence-electron chi connectivity index (χ0n) is 8.08. The molecule has 0 aliphatic carbocycles. The number of hydrogen-bond donors (Lipinski definition) is 2. The van der Waals surface area contributed by atoms with E-state index in [0.717, 1.165) is 0 Å². The van der Waals surface area contributed by atoms with Crippen LogP contribution in [0.1, 0.15) is 17.9 Å². The van der Waals surface area contributed by atoms with Gasteiger partial charge in [-0.2, -0.15) is 0 Å². The average Bonchev–Trinajstić information content (AvgIpc) is 2.17. The van der Waals surface area contributed by atoms with Crippen molar-refractivity contribution in [3.8, 4) is 0 Å². The van der Waals surface area contributed by atoms with Crippen molar-refractivity contribution in [1.29, 1.82) is 0 Å². The van der Waals surface area contributed by atoms with Crippen LogP contribution in [-0.4, -0.2) is 16.6 Å². The lowest BCUT2D eigenvalue weighted by atomic mass is 9.93. The summed E-state index contributed by atoms with van der Waals surface area (Å²) in [4.78, 5) is 10.9. The van der Waals surface area contributed by atoms with Crippen LogP contribution in [0.2, 0.25) is 5.02 Å². The van der Waals surface area contributed by atoms with Gasteiger partial charge in [-0.15, -0.1) is 11.6 Å². The Bertz CT molecular complexity index is 379. The third-order valence-corrected chi connectivity index (χ3v) is 3.20. The van der Waals surface area contributed by atoms with Crippen LogP contribution in [-0.2, 0) is 4.79 Å². The van der Waals surface area contributed by atoms with Crippen molar-refractivity contribution in [2.45, 2.75) is 17.8 Å². The highest BCUT2D eigenvalue weighted by molar-refractivity contribution is 6.33. The molecule has 0 heterocycles. The van der Waals surface area contributed by atoms with Gasteiger partial charge in [-0.05, 0) is 18.6 Å². The van der Waals surface area contributed by atoms with Gasteiger partial charge in [-0.3, -0.25) is 4.79 Å². The number of aliphatic carboxylic acids is 1. The first-order valence-electron chi connectivity index (χ1n) is 4.28. The van der Waals surface area contributed by atoms with Crippen molar-refractivity contribution in [1.82, 2.24) is 0 Å². The number of nitrogens with two attached hydrogens (primary N) is 1. The van der Waals surface area contributed by atoms with Crippen LogP contribution in [0.3, 0.4) is 0 Å². The monoisotopic (exact) mass is 247 g/mol. The number of alkyl halides is 1. The zero-order chi connectivity index (χ0) is 11.6. The number of benzene rings is 1. The van der Waals surface area contributed by atoms with Gasteiger partial charge in [0.15, 0.2) is 0 Å². The number of rotatable bonds is 3. The standard InChI is InChI=1S/C10H11Cl2NO2/c1-10(13,9(14)15)8(12)6-4-2-3-5-7(6)11/h2-5,8H,13H2,1H3,(H,14,15). The fraction of sp³-hybridized carbons (Fsp3) is 0.300. The Morgan fingerprint density at radius 3 is 2.53 bits per heavy atom. The topological polar surface area (TPSA) is 63.3 Å². The Morgan fingerprint density at radius 2 is 2.07 bits per heavy atom. The van der Waals surface area contributed by atoms with Crippen LogP contribution in [0.25, 0.3) is 0 Å². The Labute approximate surface area is 97.8 Å². The maximum absolute atomic E-state index is 10.9. The van der Waals surface area contributed by atoms with Crippen LogP contribution < -0.4 is 5.73 Å². The molecule has 0 aliphatic heterocycles. The van der Waals surface area contributed by atoms with E-state index in [4.69, 9.17) is 34.0 Å². The van der Waals surface area contributed by atoms with Crippen molar-refractivity contribution in [2.75, 3.05) is 0 Å². The first kappa shape index (κ1) is 12.3. The van der Waals surface area contributed by atoms with Crippen LogP contribution in [0.4, 0.5) is 0 Å². The van der Waals surface area contributed by atoms with Gasteiger partial charge in [0, 0.05) is 5.02 Å². The van der Waals surface area contributed by atoms with Crippen molar-refractivity contribution >= 4 is 29.2 Å². The average molecular weight is 248 g/mol. The van der Waals surface area contributed by atoms with Crippen LogP contribution in [0.5, 0.6) is 0 Å². The fourth-order valence-electron chi connectivity index (χ4n) is 1.11. The lowest BCUT2D eigenvalue weighted by Crippen LogP contribution is -2.48. The van der Waals surface area contributed by atoms with Crippen LogP contribution >= 0.6 is 23.2 Å². The number of carboxylic acids is 1. The normalized spacial score (nSPS) is 16.8. The summed E-state index contributed by atoms with van der Waals surface area (Å²) in [6.07, 6.45) is 0. The van der Waals surface area contributed by atoms with Gasteiger partial charge in [0.2, 0.25) is 0 Å². The first-order chi connectivity index (χ1) is 6.87. The highest BCUT2D eigenvalue weighted by Gasteiger charge is 2.38. The van der Waals surface area contributed by atoms with E-state index in [2.05, 4.69) is 0 Å². The molecule has 1 aromatic rings. The lowest BCUT2D eigenvalue weighted by Gasteiger charge is -2.25. The van der Waals surface area contributed by atoms with E-state index in [0.29, 0.717) is 10.6 Å². The van der Waals surface area contributed by atoms with E-state index in [1.54, 1.807) is 24.3 Å². The summed E-state index contributed by atoms with van der Waals surface area (Å²) < 4.78 is 0. The van der Waals surface area contributed by atoms with Gasteiger partial charge in [0.25, 0.3) is 0 Å². The molecule has 0 aromatic heterocycles. The molecule has 5 heteroatoms. The Kier molecular flexibility index (Phi) is 3.60. The minimum Gasteiger partial charge on any atom is -0.480 e. The van der Waals surface area contributed by atoms with E-state index in [-0.39, 0.29) is 0 Å². The molecule has 2 unspecified atom stereocenters. The number of hydrogen-bond acceptors (Lipinski definition) is 2. The summed E-state index contributed by atoms with van der Waals surface area (Å²) >= 11 is 11.9. The Balaban J connectivity index is 3.10. The molecular formula is C10H11Cl2NO2. The third-order valence-electron chi connectivity index (χ3n) is 2.17. The molecule has 0 spiro atoms. The smallest absolute Gasteiger partial charge is 0.325 e. The minimum absolute atomic E-state index is 0.412. The minimum atomic E-state index is -1.55. The van der Waals surface area contributed by atoms with Gasteiger partial charge in [0.1, 0.15) is 5.54 Å². The molecule has 0 fully saturated rings. The fourth-order valence-corrected chi connectivity index (χ4v) is 1.70. The van der Waals surface area contributed by atoms with Gasteiger partial charge in [-0.1, -0.05) is 29.8 Å². The molecule has 2 atom stereocenters. The van der Waals surface area contributed by atoms with E-state index >= 15 is 0 Å². The second-order valence-corrected chi connectivity index (χ2v) is 4.32. The van der Waals surface area contributed by atoms with E-state index in [1.165, 1.54) is 6.92 Å². The quantitative estimate of drug-likeness (QED) is 0.807. The largest absolute Gasteiger partial charge is 0.480 e. The molecule has 15 heavy (non-hydrogen) atoms. The summed E-state index contributed by atoms with van der Waals surface area (Å²) in [6, 6.07) is 6.77. The van der Waals surface area contributed by atoms with Gasteiger partial charge >= 0.3 is 5.97 Å². The zero-order valence-corrected chi connectivity index (χ0v) is 9.59. The maximum atomic E-state index is 10.9. The highest BCUT2D eigenvalue weighted by Crippen LogP contribution is 2.34. The number of halogens is 2. The van der Waals surface area contributed by atoms with E-state index in [1.807, 2.05) is 0 Å². The van der Waals surface area contributed by atoms with Crippen LogP contribution in [0.15, 0.2) is 24.3 Å². The summed E-state index contributed by atoms with van der Waals surface area (Å²) in [6.45, 7) is 1.36. The summed E-state index contributed by atoms with van der Waals surface area (Å²) in [5.41, 5.74) is 4.59. The molecule has 1 rings (SSSR count).